The summed E-state index contributed by atoms with van der Waals surface area (Å²) in [5, 5.41) is 14.1. The molecule has 0 saturated carbocycles. The number of benzene rings is 2. The van der Waals surface area contributed by atoms with Crippen LogP contribution in [0, 0.1) is 15.9 Å². The van der Waals surface area contributed by atoms with Crippen LogP contribution in [-0.4, -0.2) is 10.8 Å². The number of carbonyl (C=O) groups excluding carboxylic acids is 1. The van der Waals surface area contributed by atoms with E-state index in [-0.39, 0.29) is 5.56 Å². The quantitative estimate of drug-likeness (QED) is 0.515. The van der Waals surface area contributed by atoms with E-state index in [9.17, 15) is 19.3 Å². The van der Waals surface area contributed by atoms with Gasteiger partial charge in [-0.15, -0.1) is 0 Å². The van der Waals surface area contributed by atoms with E-state index in [1.165, 1.54) is 0 Å². The average Bonchev–Trinajstić information content (AvgIpc) is 2.47. The molecule has 5 nitrogen and oxygen atoms in total. The molecular formula is C14H10BrFN2O3. The molecule has 0 bridgehead atoms. The van der Waals surface area contributed by atoms with Crippen LogP contribution in [0.3, 0.4) is 0 Å². The summed E-state index contributed by atoms with van der Waals surface area (Å²) < 4.78 is 13.2. The third-order valence-corrected chi connectivity index (χ3v) is 3.41. The molecule has 108 valence electrons. The summed E-state index contributed by atoms with van der Waals surface area (Å²) in [4.78, 5) is 22.2. The lowest BCUT2D eigenvalue weighted by Gasteiger charge is -2.06. The van der Waals surface area contributed by atoms with Gasteiger partial charge in [0, 0.05) is 17.1 Å². The molecule has 21 heavy (non-hydrogen) atoms. The minimum Gasteiger partial charge on any atom is -0.322 e. The van der Waals surface area contributed by atoms with Gasteiger partial charge in [0.25, 0.3) is 11.6 Å². The molecule has 0 spiro atoms. The van der Waals surface area contributed by atoms with Crippen molar-refractivity contribution in [1.82, 2.24) is 0 Å². The van der Waals surface area contributed by atoms with E-state index < -0.39 is 22.3 Å². The van der Waals surface area contributed by atoms with Gasteiger partial charge in [-0.25, -0.2) is 4.39 Å². The Kier molecular flexibility index (Phi) is 4.64. The Labute approximate surface area is 128 Å². The fourth-order valence-corrected chi connectivity index (χ4v) is 2.10. The maximum atomic E-state index is 13.2. The molecule has 0 aromatic heterocycles. The lowest BCUT2D eigenvalue weighted by atomic mass is 10.1. The molecule has 2 aromatic carbocycles. The predicted octanol–water partition coefficient (Wildman–Crippen LogP) is 3.88. The number of nitrogens with zero attached hydrogens (tertiary/aromatic N) is 1. The number of hydrogen-bond acceptors (Lipinski definition) is 3. The van der Waals surface area contributed by atoms with Crippen molar-refractivity contribution >= 4 is 33.2 Å². The highest BCUT2D eigenvalue weighted by Gasteiger charge is 2.20. The second-order valence-electron chi connectivity index (χ2n) is 4.20. The van der Waals surface area contributed by atoms with Gasteiger partial charge in [-0.2, -0.15) is 0 Å². The van der Waals surface area contributed by atoms with Crippen LogP contribution in [0.15, 0.2) is 42.5 Å². The number of rotatable bonds is 4. The fraction of sp³-hybridized carbons (Fsp3) is 0.0714. The van der Waals surface area contributed by atoms with E-state index in [1.54, 1.807) is 24.3 Å². The lowest BCUT2D eigenvalue weighted by Crippen LogP contribution is -2.14. The van der Waals surface area contributed by atoms with Crippen molar-refractivity contribution in [3.8, 4) is 0 Å². The Morgan fingerprint density at radius 3 is 2.48 bits per heavy atom. The molecule has 1 N–H and O–H groups in total. The van der Waals surface area contributed by atoms with Gasteiger partial charge in [-0.1, -0.05) is 28.1 Å². The smallest absolute Gasteiger partial charge is 0.282 e. The standard InChI is InChI=1S/C14H10BrFN2O3/c15-8-9-1-4-11(5-2-9)17-14(19)12-7-10(16)3-6-13(12)18(20)21/h1-7H,8H2,(H,17,19). The highest BCUT2D eigenvalue weighted by molar-refractivity contribution is 9.08. The molecule has 0 aliphatic carbocycles. The van der Waals surface area contributed by atoms with Crippen LogP contribution in [0.5, 0.6) is 0 Å². The number of alkyl halides is 1. The number of hydrogen-bond donors (Lipinski definition) is 1. The van der Waals surface area contributed by atoms with Gasteiger partial charge in [-0.05, 0) is 29.8 Å². The number of nitro groups is 1. The minimum atomic E-state index is -0.729. The summed E-state index contributed by atoms with van der Waals surface area (Å²) in [6.45, 7) is 0. The van der Waals surface area contributed by atoms with Crippen LogP contribution in [-0.2, 0) is 5.33 Å². The average molecular weight is 353 g/mol. The number of anilines is 1. The third-order valence-electron chi connectivity index (χ3n) is 2.77. The maximum Gasteiger partial charge on any atom is 0.282 e. The first-order chi connectivity index (χ1) is 10.0. The van der Waals surface area contributed by atoms with Gasteiger partial charge in [0.15, 0.2) is 0 Å². The molecule has 0 radical (unpaired) electrons. The van der Waals surface area contributed by atoms with E-state index >= 15 is 0 Å². The SMILES string of the molecule is O=C(Nc1ccc(CBr)cc1)c1cc(F)ccc1[N+](=O)[O-]. The molecule has 2 rings (SSSR count). The lowest BCUT2D eigenvalue weighted by molar-refractivity contribution is -0.385. The molecule has 2 aromatic rings. The molecule has 7 heteroatoms. The zero-order valence-electron chi connectivity index (χ0n) is 10.7. The zero-order valence-corrected chi connectivity index (χ0v) is 12.3. The van der Waals surface area contributed by atoms with Crippen LogP contribution in [0.25, 0.3) is 0 Å². The molecule has 0 atom stereocenters. The molecule has 0 fully saturated rings. The van der Waals surface area contributed by atoms with Crippen LogP contribution < -0.4 is 5.32 Å². The summed E-state index contributed by atoms with van der Waals surface area (Å²) in [7, 11) is 0. The van der Waals surface area contributed by atoms with Crippen LogP contribution in [0.4, 0.5) is 15.8 Å². The van der Waals surface area contributed by atoms with Gasteiger partial charge in [-0.3, -0.25) is 14.9 Å². The van der Waals surface area contributed by atoms with E-state index in [0.717, 1.165) is 23.8 Å². The van der Waals surface area contributed by atoms with Crippen molar-refractivity contribution in [2.75, 3.05) is 5.32 Å². The van der Waals surface area contributed by atoms with Gasteiger partial charge in [0.1, 0.15) is 11.4 Å². The van der Waals surface area contributed by atoms with Crippen LogP contribution >= 0.6 is 15.9 Å². The third kappa shape index (κ3) is 3.63. The number of carbonyl (C=O) groups is 1. The zero-order chi connectivity index (χ0) is 15.4. The molecule has 1 amide bonds. The largest absolute Gasteiger partial charge is 0.322 e. The first-order valence-corrected chi connectivity index (χ1v) is 7.03. The van der Waals surface area contributed by atoms with Gasteiger partial charge in [0.05, 0.1) is 4.92 Å². The Hall–Kier alpha value is -2.28. The first kappa shape index (κ1) is 15.1. The fourth-order valence-electron chi connectivity index (χ4n) is 1.72. The van der Waals surface area contributed by atoms with Crippen molar-refractivity contribution < 1.29 is 14.1 Å². The molecular weight excluding hydrogens is 343 g/mol. The van der Waals surface area contributed by atoms with E-state index in [4.69, 9.17) is 0 Å². The molecule has 0 saturated heterocycles. The van der Waals surface area contributed by atoms with E-state index in [1.807, 2.05) is 0 Å². The summed E-state index contributed by atoms with van der Waals surface area (Å²) in [6, 6.07) is 9.69. The molecule has 0 aliphatic heterocycles. The molecule has 0 heterocycles. The number of nitrogens with one attached hydrogen (secondary N) is 1. The highest BCUT2D eigenvalue weighted by atomic mass is 79.9. The number of nitro benzene ring substituents is 1. The van der Waals surface area contributed by atoms with Gasteiger partial charge >= 0.3 is 0 Å². The van der Waals surface area contributed by atoms with Crippen molar-refractivity contribution in [1.29, 1.82) is 0 Å². The molecule has 0 unspecified atom stereocenters. The Morgan fingerprint density at radius 2 is 1.90 bits per heavy atom. The van der Waals surface area contributed by atoms with Crippen molar-refractivity contribution in [3.63, 3.8) is 0 Å². The Bertz CT molecular complexity index is 689. The van der Waals surface area contributed by atoms with Crippen LogP contribution in [0.1, 0.15) is 15.9 Å². The number of halogens is 2. The van der Waals surface area contributed by atoms with Crippen molar-refractivity contribution in [2.24, 2.45) is 0 Å². The summed E-state index contributed by atoms with van der Waals surface area (Å²) in [5.74, 6) is -1.44. The number of amides is 1. The monoisotopic (exact) mass is 352 g/mol. The topological polar surface area (TPSA) is 72.2 Å². The van der Waals surface area contributed by atoms with Crippen LogP contribution in [0.2, 0.25) is 0 Å². The Balaban J connectivity index is 2.27. The second-order valence-corrected chi connectivity index (χ2v) is 4.76. The highest BCUT2D eigenvalue weighted by Crippen LogP contribution is 2.21. The summed E-state index contributed by atoms with van der Waals surface area (Å²) >= 11 is 3.30. The van der Waals surface area contributed by atoms with Gasteiger partial charge < -0.3 is 5.32 Å². The van der Waals surface area contributed by atoms with Crippen molar-refractivity contribution in [3.05, 3.63) is 69.5 Å². The first-order valence-electron chi connectivity index (χ1n) is 5.91. The summed E-state index contributed by atoms with van der Waals surface area (Å²) in [6.07, 6.45) is 0. The second kappa shape index (κ2) is 6.45. The molecule has 0 aliphatic rings. The van der Waals surface area contributed by atoms with Gasteiger partial charge in [0.2, 0.25) is 0 Å². The predicted molar refractivity (Wildman–Crippen MR) is 80.1 cm³/mol. The minimum absolute atomic E-state index is 0.315. The Morgan fingerprint density at radius 1 is 1.24 bits per heavy atom. The maximum absolute atomic E-state index is 13.2. The van der Waals surface area contributed by atoms with E-state index in [2.05, 4.69) is 21.2 Å². The van der Waals surface area contributed by atoms with Crippen molar-refractivity contribution in [2.45, 2.75) is 5.33 Å². The van der Waals surface area contributed by atoms with E-state index in [0.29, 0.717) is 11.0 Å². The normalized spacial score (nSPS) is 10.2. The summed E-state index contributed by atoms with van der Waals surface area (Å²) in [5.41, 5.74) is 0.739.